The van der Waals surface area contributed by atoms with Crippen molar-refractivity contribution in [3.05, 3.63) is 24.3 Å². The van der Waals surface area contributed by atoms with Crippen LogP contribution in [-0.4, -0.2) is 24.5 Å². The number of rotatable bonds is 6. The third-order valence-corrected chi connectivity index (χ3v) is 3.82. The molecule has 1 fully saturated rings. The number of carbonyl (C=O) groups is 2. The summed E-state index contributed by atoms with van der Waals surface area (Å²) in [7, 11) is 0. The predicted octanol–water partition coefficient (Wildman–Crippen LogP) is 1.40. The normalized spacial score (nSPS) is 21.1. The zero-order valence-corrected chi connectivity index (χ0v) is 12.6. The van der Waals surface area contributed by atoms with E-state index in [0.717, 1.165) is 31.4 Å². The van der Waals surface area contributed by atoms with Crippen molar-refractivity contribution in [1.29, 1.82) is 0 Å². The van der Waals surface area contributed by atoms with E-state index in [4.69, 9.17) is 16.2 Å². The van der Waals surface area contributed by atoms with Gasteiger partial charge >= 0.3 is 0 Å². The van der Waals surface area contributed by atoms with Gasteiger partial charge in [-0.25, -0.2) is 0 Å². The second-order valence-corrected chi connectivity index (χ2v) is 5.70. The summed E-state index contributed by atoms with van der Waals surface area (Å²) in [6.45, 7) is 0.251. The summed E-state index contributed by atoms with van der Waals surface area (Å²) in [6.07, 6.45) is 3.83. The molecule has 2 atom stereocenters. The molecule has 1 aromatic rings. The van der Waals surface area contributed by atoms with E-state index in [0.29, 0.717) is 5.75 Å². The van der Waals surface area contributed by atoms with Crippen molar-refractivity contribution in [3.63, 3.8) is 0 Å². The molecule has 0 radical (unpaired) electrons. The minimum atomic E-state index is -0.394. The van der Waals surface area contributed by atoms with Gasteiger partial charge in [0.1, 0.15) is 5.75 Å². The van der Waals surface area contributed by atoms with E-state index in [-0.39, 0.29) is 30.9 Å². The summed E-state index contributed by atoms with van der Waals surface area (Å²) in [5.41, 5.74) is 11.7. The summed E-state index contributed by atoms with van der Waals surface area (Å²) in [5.74, 6) is 0.265. The first kappa shape index (κ1) is 16.3. The Balaban J connectivity index is 1.82. The molecule has 0 spiro atoms. The first-order valence-corrected chi connectivity index (χ1v) is 7.62. The van der Waals surface area contributed by atoms with Crippen LogP contribution in [0.1, 0.15) is 32.1 Å². The van der Waals surface area contributed by atoms with Crippen LogP contribution in [0.25, 0.3) is 0 Å². The maximum Gasteiger partial charge on any atom is 0.227 e. The van der Waals surface area contributed by atoms with Gasteiger partial charge in [0.25, 0.3) is 0 Å². The average Bonchev–Trinajstić information content (AvgIpc) is 2.48. The number of carbonyl (C=O) groups excluding carboxylic acids is 2. The van der Waals surface area contributed by atoms with Crippen molar-refractivity contribution in [2.24, 2.45) is 17.4 Å². The standard InChI is InChI=1S/C16H23N3O3/c17-12-3-1-2-11(10-12)16(21)19-13-4-6-14(7-5-13)22-9-8-15(18)20/h4-7,11-12H,1-3,8-10,17H2,(H2,18,20)(H,19,21). The number of benzene rings is 1. The van der Waals surface area contributed by atoms with Gasteiger partial charge in [0, 0.05) is 17.6 Å². The lowest BCUT2D eigenvalue weighted by Gasteiger charge is -2.25. The Kier molecular flexibility index (Phi) is 5.77. The van der Waals surface area contributed by atoms with E-state index in [1.54, 1.807) is 24.3 Å². The molecule has 0 saturated heterocycles. The van der Waals surface area contributed by atoms with Crippen LogP contribution in [0.5, 0.6) is 5.75 Å². The molecule has 2 rings (SSSR count). The van der Waals surface area contributed by atoms with Gasteiger partial charge in [-0.15, -0.1) is 0 Å². The number of anilines is 1. The molecule has 22 heavy (non-hydrogen) atoms. The average molecular weight is 305 g/mol. The first-order chi connectivity index (χ1) is 10.5. The Hall–Kier alpha value is -2.08. The molecular formula is C16H23N3O3. The van der Waals surface area contributed by atoms with Crippen molar-refractivity contribution < 1.29 is 14.3 Å². The molecule has 2 unspecified atom stereocenters. The molecule has 5 N–H and O–H groups in total. The fraction of sp³-hybridized carbons (Fsp3) is 0.500. The van der Waals surface area contributed by atoms with Crippen LogP contribution in [0.3, 0.4) is 0 Å². The third kappa shape index (κ3) is 5.04. The monoisotopic (exact) mass is 305 g/mol. The van der Waals surface area contributed by atoms with Crippen LogP contribution in [0, 0.1) is 5.92 Å². The quantitative estimate of drug-likeness (QED) is 0.738. The van der Waals surface area contributed by atoms with E-state index in [1.807, 2.05) is 0 Å². The van der Waals surface area contributed by atoms with Crippen LogP contribution in [-0.2, 0) is 9.59 Å². The third-order valence-electron chi connectivity index (χ3n) is 3.82. The second-order valence-electron chi connectivity index (χ2n) is 5.70. The number of hydrogen-bond donors (Lipinski definition) is 3. The molecule has 2 amide bonds. The largest absolute Gasteiger partial charge is 0.493 e. The SMILES string of the molecule is NC(=O)CCOc1ccc(NC(=O)C2CCCC(N)C2)cc1. The summed E-state index contributed by atoms with van der Waals surface area (Å²) in [6, 6.07) is 7.19. The number of primary amides is 1. The molecular weight excluding hydrogens is 282 g/mol. The number of amides is 2. The van der Waals surface area contributed by atoms with Crippen LogP contribution < -0.4 is 21.5 Å². The number of ether oxygens (including phenoxy) is 1. The number of nitrogens with one attached hydrogen (secondary N) is 1. The molecule has 120 valence electrons. The van der Waals surface area contributed by atoms with Gasteiger partial charge in [-0.2, -0.15) is 0 Å². The second kappa shape index (κ2) is 7.79. The van der Waals surface area contributed by atoms with Gasteiger partial charge in [-0.3, -0.25) is 9.59 Å². The summed E-state index contributed by atoms with van der Waals surface area (Å²) < 4.78 is 5.38. The summed E-state index contributed by atoms with van der Waals surface area (Å²) >= 11 is 0. The zero-order valence-electron chi connectivity index (χ0n) is 12.6. The lowest BCUT2D eigenvalue weighted by atomic mass is 9.85. The highest BCUT2D eigenvalue weighted by atomic mass is 16.5. The van der Waals surface area contributed by atoms with E-state index < -0.39 is 5.91 Å². The summed E-state index contributed by atoms with van der Waals surface area (Å²) in [5, 5.41) is 2.91. The van der Waals surface area contributed by atoms with Crippen LogP contribution in [0.4, 0.5) is 5.69 Å². The van der Waals surface area contributed by atoms with Gasteiger partial charge in [0.2, 0.25) is 11.8 Å². The van der Waals surface area contributed by atoms with E-state index in [1.165, 1.54) is 0 Å². The number of hydrogen-bond acceptors (Lipinski definition) is 4. The molecule has 6 heteroatoms. The lowest BCUT2D eigenvalue weighted by molar-refractivity contribution is -0.121. The van der Waals surface area contributed by atoms with Gasteiger partial charge in [0.15, 0.2) is 0 Å². The fourth-order valence-electron chi connectivity index (χ4n) is 2.61. The van der Waals surface area contributed by atoms with Crippen molar-refractivity contribution in [2.45, 2.75) is 38.1 Å². The molecule has 1 aliphatic carbocycles. The van der Waals surface area contributed by atoms with Crippen molar-refractivity contribution >= 4 is 17.5 Å². The molecule has 1 aliphatic rings. The maximum atomic E-state index is 12.2. The van der Waals surface area contributed by atoms with Gasteiger partial charge in [-0.05, 0) is 43.5 Å². The lowest BCUT2D eigenvalue weighted by Crippen LogP contribution is -2.34. The van der Waals surface area contributed by atoms with E-state index in [9.17, 15) is 9.59 Å². The Labute approximate surface area is 130 Å². The van der Waals surface area contributed by atoms with Crippen molar-refractivity contribution in [2.75, 3.05) is 11.9 Å². The smallest absolute Gasteiger partial charge is 0.227 e. The van der Waals surface area contributed by atoms with E-state index in [2.05, 4.69) is 5.32 Å². The predicted molar refractivity (Wildman–Crippen MR) is 84.3 cm³/mol. The minimum absolute atomic E-state index is 0.00440. The Morgan fingerprint density at radius 2 is 1.95 bits per heavy atom. The van der Waals surface area contributed by atoms with Gasteiger partial charge in [-0.1, -0.05) is 6.42 Å². The van der Waals surface area contributed by atoms with Gasteiger partial charge in [0.05, 0.1) is 13.0 Å². The molecule has 0 bridgehead atoms. The highest BCUT2D eigenvalue weighted by Gasteiger charge is 2.25. The molecule has 1 aromatic carbocycles. The maximum absolute atomic E-state index is 12.2. The highest BCUT2D eigenvalue weighted by Crippen LogP contribution is 2.25. The highest BCUT2D eigenvalue weighted by molar-refractivity contribution is 5.92. The molecule has 0 aliphatic heterocycles. The topological polar surface area (TPSA) is 107 Å². The van der Waals surface area contributed by atoms with Crippen molar-refractivity contribution in [3.8, 4) is 5.75 Å². The van der Waals surface area contributed by atoms with Crippen molar-refractivity contribution in [1.82, 2.24) is 0 Å². The molecule has 6 nitrogen and oxygen atoms in total. The van der Waals surface area contributed by atoms with Gasteiger partial charge < -0.3 is 21.5 Å². The first-order valence-electron chi connectivity index (χ1n) is 7.62. The molecule has 1 saturated carbocycles. The summed E-state index contributed by atoms with van der Waals surface area (Å²) in [4.78, 5) is 22.8. The minimum Gasteiger partial charge on any atom is -0.493 e. The molecule has 0 heterocycles. The Morgan fingerprint density at radius 3 is 2.59 bits per heavy atom. The van der Waals surface area contributed by atoms with Crippen LogP contribution >= 0.6 is 0 Å². The Bertz CT molecular complexity index is 516. The molecule has 0 aromatic heterocycles. The number of nitrogens with two attached hydrogens (primary N) is 2. The van der Waals surface area contributed by atoms with E-state index >= 15 is 0 Å². The van der Waals surface area contributed by atoms with Crippen LogP contribution in [0.2, 0.25) is 0 Å². The Morgan fingerprint density at radius 1 is 1.23 bits per heavy atom. The zero-order chi connectivity index (χ0) is 15.9. The van der Waals surface area contributed by atoms with Crippen LogP contribution in [0.15, 0.2) is 24.3 Å². The fourth-order valence-corrected chi connectivity index (χ4v) is 2.61.